The predicted octanol–water partition coefficient (Wildman–Crippen LogP) is 5.79. The summed E-state index contributed by atoms with van der Waals surface area (Å²) >= 11 is 0. The van der Waals surface area contributed by atoms with Gasteiger partial charge < -0.3 is 20.8 Å². The lowest BCUT2D eigenvalue weighted by atomic mass is 10.1. The predicted molar refractivity (Wildman–Crippen MR) is 139 cm³/mol. The summed E-state index contributed by atoms with van der Waals surface area (Å²) in [6, 6.07) is 28.9. The van der Waals surface area contributed by atoms with Gasteiger partial charge in [0, 0.05) is 47.1 Å². The first kappa shape index (κ1) is 21.7. The molecular weight excluding hydrogens is 420 g/mol. The first-order chi connectivity index (χ1) is 16.7. The monoisotopic (exact) mass is 448 g/mol. The molecule has 34 heavy (non-hydrogen) atoms. The summed E-state index contributed by atoms with van der Waals surface area (Å²) in [6.45, 7) is 1.20. The van der Waals surface area contributed by atoms with Crippen LogP contribution < -0.4 is 15.8 Å². The number of ether oxygens (including phenoxy) is 1. The molecule has 0 saturated carbocycles. The Balaban J connectivity index is 1.18. The van der Waals surface area contributed by atoms with Crippen molar-refractivity contribution in [3.63, 3.8) is 0 Å². The van der Waals surface area contributed by atoms with Gasteiger partial charge in [0.05, 0.1) is 6.20 Å². The Morgan fingerprint density at radius 3 is 2.53 bits per heavy atom. The standard InChI is InChI=1S/C29H28N4O/c30-25(14-24-18-33-29-9-5-4-8-28(24)29)20-34-27-15-23(17-31-19-27)22-12-10-21(11-13-22)16-32-26-6-2-1-3-7-26/h1-13,15,17-19,25,32-33H,14,16,20,30H2/t25-/m0/s1. The Morgan fingerprint density at radius 1 is 0.882 bits per heavy atom. The van der Waals surface area contributed by atoms with Gasteiger partial charge in [-0.05, 0) is 47.4 Å². The Hall–Kier alpha value is -4.09. The number of aromatic amines is 1. The molecular formula is C29H28N4O. The van der Waals surface area contributed by atoms with Gasteiger partial charge in [-0.2, -0.15) is 0 Å². The number of hydrogen-bond acceptors (Lipinski definition) is 4. The van der Waals surface area contributed by atoms with Gasteiger partial charge in [0.1, 0.15) is 12.4 Å². The van der Waals surface area contributed by atoms with E-state index in [1.165, 1.54) is 16.5 Å². The summed E-state index contributed by atoms with van der Waals surface area (Å²) in [6.07, 6.45) is 6.37. The Labute approximate surface area is 199 Å². The van der Waals surface area contributed by atoms with Crippen LogP contribution in [0.3, 0.4) is 0 Å². The normalized spacial score (nSPS) is 11.9. The quantitative estimate of drug-likeness (QED) is 0.267. The van der Waals surface area contributed by atoms with Crippen molar-refractivity contribution in [2.45, 2.75) is 19.0 Å². The molecule has 4 N–H and O–H groups in total. The van der Waals surface area contributed by atoms with Crippen LogP contribution in [0.25, 0.3) is 22.0 Å². The molecule has 1 atom stereocenters. The maximum absolute atomic E-state index is 6.37. The van der Waals surface area contributed by atoms with Gasteiger partial charge in [0.15, 0.2) is 0 Å². The molecule has 3 aromatic carbocycles. The molecule has 0 fully saturated rings. The molecule has 0 radical (unpaired) electrons. The molecule has 2 aromatic heterocycles. The topological polar surface area (TPSA) is 76.0 Å². The third kappa shape index (κ3) is 5.27. The number of anilines is 1. The molecule has 5 nitrogen and oxygen atoms in total. The second-order valence-corrected chi connectivity index (χ2v) is 8.46. The highest BCUT2D eigenvalue weighted by Crippen LogP contribution is 2.24. The zero-order valence-corrected chi connectivity index (χ0v) is 18.9. The zero-order chi connectivity index (χ0) is 23.2. The largest absolute Gasteiger partial charge is 0.490 e. The van der Waals surface area contributed by atoms with Gasteiger partial charge in [-0.25, -0.2) is 0 Å². The number of aromatic nitrogens is 2. The average molecular weight is 449 g/mol. The second-order valence-electron chi connectivity index (χ2n) is 8.46. The van der Waals surface area contributed by atoms with Gasteiger partial charge >= 0.3 is 0 Å². The number of H-pyrrole nitrogens is 1. The second kappa shape index (κ2) is 10.2. The van der Waals surface area contributed by atoms with Crippen molar-refractivity contribution in [2.75, 3.05) is 11.9 Å². The van der Waals surface area contributed by atoms with E-state index >= 15 is 0 Å². The number of hydrogen-bond donors (Lipinski definition) is 3. The molecule has 0 aliphatic rings. The van der Waals surface area contributed by atoms with Crippen molar-refractivity contribution < 1.29 is 4.74 Å². The van der Waals surface area contributed by atoms with E-state index in [1.54, 1.807) is 6.20 Å². The van der Waals surface area contributed by atoms with E-state index in [1.807, 2.05) is 48.8 Å². The van der Waals surface area contributed by atoms with Crippen molar-refractivity contribution in [1.29, 1.82) is 0 Å². The van der Waals surface area contributed by atoms with Gasteiger partial charge in [-0.1, -0.05) is 60.7 Å². The van der Waals surface area contributed by atoms with E-state index in [4.69, 9.17) is 10.5 Å². The third-order valence-electron chi connectivity index (χ3n) is 5.89. The van der Waals surface area contributed by atoms with Crippen LogP contribution in [0, 0.1) is 0 Å². The van der Waals surface area contributed by atoms with Crippen molar-refractivity contribution >= 4 is 16.6 Å². The Bertz CT molecular complexity index is 1350. The number of pyridine rings is 1. The van der Waals surface area contributed by atoms with E-state index in [2.05, 4.69) is 63.8 Å². The van der Waals surface area contributed by atoms with Crippen LogP contribution in [0.4, 0.5) is 5.69 Å². The van der Waals surface area contributed by atoms with Crippen molar-refractivity contribution in [3.05, 3.63) is 115 Å². The minimum absolute atomic E-state index is 0.112. The summed E-state index contributed by atoms with van der Waals surface area (Å²) in [5, 5.41) is 4.65. The number of benzene rings is 3. The number of nitrogens with two attached hydrogens (primary N) is 1. The van der Waals surface area contributed by atoms with Crippen molar-refractivity contribution in [3.8, 4) is 16.9 Å². The summed E-state index contributed by atoms with van der Waals surface area (Å²) in [5.41, 5.74) is 13.2. The fourth-order valence-electron chi connectivity index (χ4n) is 4.08. The molecule has 0 bridgehead atoms. The molecule has 2 heterocycles. The molecule has 0 unspecified atom stereocenters. The number of nitrogens with one attached hydrogen (secondary N) is 2. The summed E-state index contributed by atoms with van der Waals surface area (Å²) in [5.74, 6) is 0.724. The Morgan fingerprint density at radius 2 is 1.68 bits per heavy atom. The van der Waals surface area contributed by atoms with Crippen LogP contribution in [0.1, 0.15) is 11.1 Å². The van der Waals surface area contributed by atoms with Crippen LogP contribution in [-0.2, 0) is 13.0 Å². The van der Waals surface area contributed by atoms with E-state index in [-0.39, 0.29) is 6.04 Å². The van der Waals surface area contributed by atoms with Crippen LogP contribution in [0.5, 0.6) is 5.75 Å². The van der Waals surface area contributed by atoms with E-state index in [0.29, 0.717) is 6.61 Å². The number of nitrogens with zero attached hydrogens (tertiary/aromatic N) is 1. The van der Waals surface area contributed by atoms with E-state index in [0.717, 1.165) is 41.0 Å². The number of para-hydroxylation sites is 2. The van der Waals surface area contributed by atoms with Gasteiger partial charge in [0.25, 0.3) is 0 Å². The highest BCUT2D eigenvalue weighted by molar-refractivity contribution is 5.83. The molecule has 5 aromatic rings. The fraction of sp³-hybridized carbons (Fsp3) is 0.138. The van der Waals surface area contributed by atoms with Crippen LogP contribution in [0.2, 0.25) is 0 Å². The highest BCUT2D eigenvalue weighted by atomic mass is 16.5. The SMILES string of the molecule is N[C@H](COc1cncc(-c2ccc(CNc3ccccc3)cc2)c1)Cc1c[nH]c2ccccc12. The van der Waals surface area contributed by atoms with Crippen molar-refractivity contribution in [2.24, 2.45) is 5.73 Å². The molecule has 0 aliphatic heterocycles. The maximum atomic E-state index is 6.37. The Kier molecular flexibility index (Phi) is 6.54. The smallest absolute Gasteiger partial charge is 0.138 e. The first-order valence-corrected chi connectivity index (χ1v) is 11.5. The van der Waals surface area contributed by atoms with Crippen LogP contribution >= 0.6 is 0 Å². The lowest BCUT2D eigenvalue weighted by Gasteiger charge is -2.13. The third-order valence-corrected chi connectivity index (χ3v) is 5.89. The van der Waals surface area contributed by atoms with Crippen LogP contribution in [0.15, 0.2) is 104 Å². The lowest BCUT2D eigenvalue weighted by Crippen LogP contribution is -2.30. The summed E-state index contributed by atoms with van der Waals surface area (Å²) in [7, 11) is 0. The van der Waals surface area contributed by atoms with Gasteiger partial charge in [-0.15, -0.1) is 0 Å². The molecule has 170 valence electrons. The van der Waals surface area contributed by atoms with Crippen molar-refractivity contribution in [1.82, 2.24) is 9.97 Å². The highest BCUT2D eigenvalue weighted by Gasteiger charge is 2.10. The lowest BCUT2D eigenvalue weighted by molar-refractivity contribution is 0.287. The molecule has 0 spiro atoms. The minimum Gasteiger partial charge on any atom is -0.490 e. The molecule has 5 rings (SSSR count). The van der Waals surface area contributed by atoms with E-state index < -0.39 is 0 Å². The minimum atomic E-state index is -0.112. The molecule has 0 amide bonds. The van der Waals surface area contributed by atoms with Crippen LogP contribution in [-0.4, -0.2) is 22.6 Å². The average Bonchev–Trinajstić information content (AvgIpc) is 3.30. The maximum Gasteiger partial charge on any atom is 0.138 e. The first-order valence-electron chi connectivity index (χ1n) is 11.5. The number of fused-ring (bicyclic) bond motifs is 1. The molecule has 5 heteroatoms. The van der Waals surface area contributed by atoms with Gasteiger partial charge in [-0.3, -0.25) is 4.98 Å². The fourth-order valence-corrected chi connectivity index (χ4v) is 4.08. The summed E-state index contributed by atoms with van der Waals surface area (Å²) in [4.78, 5) is 7.67. The van der Waals surface area contributed by atoms with E-state index in [9.17, 15) is 0 Å². The number of rotatable bonds is 9. The molecule has 0 saturated heterocycles. The summed E-state index contributed by atoms with van der Waals surface area (Å²) < 4.78 is 5.99. The van der Waals surface area contributed by atoms with Gasteiger partial charge in [0.2, 0.25) is 0 Å². The zero-order valence-electron chi connectivity index (χ0n) is 18.9. The molecule has 0 aliphatic carbocycles.